The summed E-state index contributed by atoms with van der Waals surface area (Å²) in [6, 6.07) is 4.66. The Hall–Kier alpha value is -0.470. The topological polar surface area (TPSA) is 3.24 Å². The molecule has 0 unspecified atom stereocenters. The van der Waals surface area contributed by atoms with Crippen molar-refractivity contribution in [3.63, 3.8) is 0 Å². The van der Waals surface area contributed by atoms with Gasteiger partial charge in [-0.2, -0.15) is 12.6 Å². The van der Waals surface area contributed by atoms with E-state index < -0.39 is 0 Å². The molecule has 0 aromatic heterocycles. The molecule has 0 radical (unpaired) electrons. The molecule has 0 heterocycles. The van der Waals surface area contributed by atoms with Crippen LogP contribution >= 0.6 is 12.6 Å². The van der Waals surface area contributed by atoms with Gasteiger partial charge in [0.1, 0.15) is 0 Å². The molecule has 0 aliphatic rings. The first-order chi connectivity index (χ1) is 7.75. The average Bonchev–Trinajstić information content (AvgIpc) is 2.21. The Morgan fingerprint density at radius 1 is 1.12 bits per heavy atom. The quantitative estimate of drug-likeness (QED) is 0.629. The van der Waals surface area contributed by atoms with Crippen molar-refractivity contribution in [3.8, 4) is 0 Å². The van der Waals surface area contributed by atoms with Crippen LogP contribution in [0.1, 0.15) is 43.0 Å². The van der Waals surface area contributed by atoms with Crippen LogP contribution in [0.3, 0.4) is 0 Å². The zero-order chi connectivity index (χ0) is 13.2. The molecule has 1 aromatic carbocycles. The molecule has 0 amide bonds. The standard InChI is InChI=1S/C15H25NS/c1-11-7-13(15(3,4)5)8-12(2)14(11)9-16(6)10-17/h7-8,17H,9-10H2,1-6H3. The smallest absolute Gasteiger partial charge is 0.0414 e. The van der Waals surface area contributed by atoms with Gasteiger partial charge in [0.05, 0.1) is 0 Å². The Balaban J connectivity index is 3.11. The fourth-order valence-electron chi connectivity index (χ4n) is 2.00. The van der Waals surface area contributed by atoms with Crippen LogP contribution in [0.4, 0.5) is 0 Å². The molecular formula is C15H25NS. The lowest BCUT2D eigenvalue weighted by Crippen LogP contribution is -2.18. The molecular weight excluding hydrogens is 226 g/mol. The minimum atomic E-state index is 0.226. The second-order valence-corrected chi connectivity index (χ2v) is 6.28. The van der Waals surface area contributed by atoms with Gasteiger partial charge in [-0.15, -0.1) is 0 Å². The van der Waals surface area contributed by atoms with Crippen molar-refractivity contribution in [2.75, 3.05) is 12.9 Å². The third-order valence-corrected chi connectivity index (χ3v) is 3.71. The van der Waals surface area contributed by atoms with Crippen molar-refractivity contribution < 1.29 is 0 Å². The molecule has 0 atom stereocenters. The summed E-state index contributed by atoms with van der Waals surface area (Å²) >= 11 is 4.31. The van der Waals surface area contributed by atoms with E-state index in [-0.39, 0.29) is 5.41 Å². The Kier molecular flexibility index (Phi) is 4.68. The molecule has 1 nitrogen and oxygen atoms in total. The van der Waals surface area contributed by atoms with E-state index in [0.29, 0.717) is 0 Å². The molecule has 0 N–H and O–H groups in total. The predicted octanol–water partition coefficient (Wildman–Crippen LogP) is 3.92. The highest BCUT2D eigenvalue weighted by Crippen LogP contribution is 2.27. The fourth-order valence-corrected chi connectivity index (χ4v) is 2.10. The van der Waals surface area contributed by atoms with Crippen molar-refractivity contribution >= 4 is 12.6 Å². The lowest BCUT2D eigenvalue weighted by molar-refractivity contribution is 0.385. The Bertz CT molecular complexity index is 367. The number of benzene rings is 1. The Labute approximate surface area is 112 Å². The van der Waals surface area contributed by atoms with Crippen molar-refractivity contribution in [2.45, 2.75) is 46.6 Å². The van der Waals surface area contributed by atoms with E-state index in [1.54, 1.807) is 0 Å². The zero-order valence-corrected chi connectivity index (χ0v) is 12.9. The van der Waals surface area contributed by atoms with Gasteiger partial charge in [0, 0.05) is 12.4 Å². The van der Waals surface area contributed by atoms with E-state index in [0.717, 1.165) is 12.4 Å². The molecule has 17 heavy (non-hydrogen) atoms. The van der Waals surface area contributed by atoms with Gasteiger partial charge in [-0.3, -0.25) is 4.90 Å². The molecule has 0 aliphatic carbocycles. The normalized spacial score (nSPS) is 12.2. The van der Waals surface area contributed by atoms with Crippen molar-refractivity contribution in [1.82, 2.24) is 4.90 Å². The SMILES string of the molecule is Cc1cc(C(C)(C)C)cc(C)c1CN(C)CS. The number of nitrogens with zero attached hydrogens (tertiary/aromatic N) is 1. The molecule has 0 fully saturated rings. The molecule has 0 spiro atoms. The summed E-state index contributed by atoms with van der Waals surface area (Å²) in [5, 5.41) is 0. The third kappa shape index (κ3) is 3.75. The van der Waals surface area contributed by atoms with Crippen molar-refractivity contribution in [1.29, 1.82) is 0 Å². The maximum Gasteiger partial charge on any atom is 0.0414 e. The van der Waals surface area contributed by atoms with Gasteiger partial charge in [-0.05, 0) is 48.6 Å². The summed E-state index contributed by atoms with van der Waals surface area (Å²) in [5.41, 5.74) is 5.87. The molecule has 0 saturated carbocycles. The number of hydrogen-bond acceptors (Lipinski definition) is 2. The van der Waals surface area contributed by atoms with Crippen LogP contribution in [0, 0.1) is 13.8 Å². The number of hydrogen-bond donors (Lipinski definition) is 1. The maximum absolute atomic E-state index is 4.31. The molecule has 0 saturated heterocycles. The average molecular weight is 251 g/mol. The molecule has 1 aromatic rings. The van der Waals surface area contributed by atoms with Crippen LogP contribution in [0.2, 0.25) is 0 Å². The minimum Gasteiger partial charge on any atom is -0.293 e. The second kappa shape index (κ2) is 5.45. The monoisotopic (exact) mass is 251 g/mol. The molecule has 2 heteroatoms. The summed E-state index contributed by atoms with van der Waals surface area (Å²) in [7, 11) is 2.10. The van der Waals surface area contributed by atoms with Crippen LogP contribution in [0.5, 0.6) is 0 Å². The summed E-state index contributed by atoms with van der Waals surface area (Å²) in [5.74, 6) is 0.792. The van der Waals surface area contributed by atoms with Crippen LogP contribution in [0.25, 0.3) is 0 Å². The van der Waals surface area contributed by atoms with E-state index in [4.69, 9.17) is 0 Å². The highest BCUT2D eigenvalue weighted by Gasteiger charge is 2.16. The van der Waals surface area contributed by atoms with E-state index in [1.807, 2.05) is 0 Å². The molecule has 0 bridgehead atoms. The van der Waals surface area contributed by atoms with Crippen molar-refractivity contribution in [2.24, 2.45) is 0 Å². The third-order valence-electron chi connectivity index (χ3n) is 3.23. The lowest BCUT2D eigenvalue weighted by atomic mass is 9.84. The Morgan fingerprint density at radius 3 is 1.94 bits per heavy atom. The molecule has 0 aliphatic heterocycles. The van der Waals surface area contributed by atoms with Gasteiger partial charge >= 0.3 is 0 Å². The summed E-state index contributed by atoms with van der Waals surface area (Å²) in [6.07, 6.45) is 0. The van der Waals surface area contributed by atoms with Gasteiger partial charge in [0.2, 0.25) is 0 Å². The lowest BCUT2D eigenvalue weighted by Gasteiger charge is -2.24. The number of rotatable bonds is 3. The number of aryl methyl sites for hydroxylation is 2. The first-order valence-corrected chi connectivity index (χ1v) is 6.79. The maximum atomic E-state index is 4.31. The predicted molar refractivity (Wildman–Crippen MR) is 79.9 cm³/mol. The van der Waals surface area contributed by atoms with Crippen LogP contribution in [-0.2, 0) is 12.0 Å². The highest BCUT2D eigenvalue weighted by molar-refractivity contribution is 7.80. The molecule has 96 valence electrons. The van der Waals surface area contributed by atoms with Gasteiger partial charge in [-0.25, -0.2) is 0 Å². The summed E-state index contributed by atoms with van der Waals surface area (Å²) < 4.78 is 0. The zero-order valence-electron chi connectivity index (χ0n) is 12.0. The van der Waals surface area contributed by atoms with E-state index in [2.05, 4.69) is 71.3 Å². The second-order valence-electron chi connectivity index (χ2n) is 5.99. The largest absolute Gasteiger partial charge is 0.293 e. The van der Waals surface area contributed by atoms with Crippen LogP contribution in [-0.4, -0.2) is 17.8 Å². The van der Waals surface area contributed by atoms with E-state index in [1.165, 1.54) is 22.3 Å². The fraction of sp³-hybridized carbons (Fsp3) is 0.600. The van der Waals surface area contributed by atoms with Gasteiger partial charge < -0.3 is 0 Å². The summed E-state index contributed by atoms with van der Waals surface area (Å²) in [6.45, 7) is 12.2. The summed E-state index contributed by atoms with van der Waals surface area (Å²) in [4.78, 5) is 2.22. The van der Waals surface area contributed by atoms with Gasteiger partial charge in [0.25, 0.3) is 0 Å². The van der Waals surface area contributed by atoms with Gasteiger partial charge in [-0.1, -0.05) is 32.9 Å². The first kappa shape index (κ1) is 14.6. The van der Waals surface area contributed by atoms with Crippen LogP contribution < -0.4 is 0 Å². The minimum absolute atomic E-state index is 0.226. The van der Waals surface area contributed by atoms with Gasteiger partial charge in [0.15, 0.2) is 0 Å². The Morgan fingerprint density at radius 2 is 1.59 bits per heavy atom. The first-order valence-electron chi connectivity index (χ1n) is 6.15. The van der Waals surface area contributed by atoms with Crippen molar-refractivity contribution in [3.05, 3.63) is 34.4 Å². The van der Waals surface area contributed by atoms with Crippen LogP contribution in [0.15, 0.2) is 12.1 Å². The van der Waals surface area contributed by atoms with E-state index in [9.17, 15) is 0 Å². The molecule has 1 rings (SSSR count). The highest BCUT2D eigenvalue weighted by atomic mass is 32.1. The number of thiol groups is 1. The van der Waals surface area contributed by atoms with E-state index >= 15 is 0 Å².